The fourth-order valence-electron chi connectivity index (χ4n) is 11.1. The van der Waals surface area contributed by atoms with E-state index in [4.69, 9.17) is 0 Å². The zero-order valence-electron chi connectivity index (χ0n) is 54.5. The van der Waals surface area contributed by atoms with Gasteiger partial charge in [-0.3, -0.25) is 19.6 Å². The van der Waals surface area contributed by atoms with Crippen LogP contribution in [0.4, 0.5) is 17.6 Å². The van der Waals surface area contributed by atoms with Gasteiger partial charge in [0.15, 0.2) is 0 Å². The van der Waals surface area contributed by atoms with E-state index in [0.29, 0.717) is 44.3 Å². The van der Waals surface area contributed by atoms with Crippen molar-refractivity contribution in [2.45, 2.75) is 262 Å². The van der Waals surface area contributed by atoms with Crippen molar-refractivity contribution < 1.29 is 17.6 Å². The van der Waals surface area contributed by atoms with Crippen molar-refractivity contribution in [2.24, 2.45) is 23.7 Å². The lowest BCUT2D eigenvalue weighted by Gasteiger charge is -2.44. The van der Waals surface area contributed by atoms with Gasteiger partial charge in [0.1, 0.15) is 11.8 Å². The lowest BCUT2D eigenvalue weighted by atomic mass is 9.97. The molecule has 0 N–H and O–H groups in total. The van der Waals surface area contributed by atoms with Gasteiger partial charge in [0, 0.05) is 139 Å². The third-order valence-corrected chi connectivity index (χ3v) is 17.4. The number of hydrogen-bond acceptors (Lipinski definition) is 9. The van der Waals surface area contributed by atoms with Crippen LogP contribution < -0.4 is 0 Å². The van der Waals surface area contributed by atoms with Gasteiger partial charge in [-0.25, -0.2) is 17.6 Å². The summed E-state index contributed by atoms with van der Waals surface area (Å²) in [6, 6.07) is 5.88. The molecule has 0 bridgehead atoms. The van der Waals surface area contributed by atoms with Crippen LogP contribution in [0.15, 0.2) is 12.2 Å². The molecule has 1 aliphatic carbocycles. The zero-order chi connectivity index (χ0) is 58.4. The smallest absolute Gasteiger partial charge is 0.261 e. The molecule has 0 aromatic carbocycles. The van der Waals surface area contributed by atoms with E-state index in [1.165, 1.54) is 97.6 Å². The monoisotopic (exact) mass is 1100 g/mol. The Kier molecular flexibility index (Phi) is 33.7. The van der Waals surface area contributed by atoms with Crippen molar-refractivity contribution in [2.75, 3.05) is 118 Å². The second kappa shape index (κ2) is 35.9. The number of fused-ring (bicyclic) bond motifs is 1. The van der Waals surface area contributed by atoms with Gasteiger partial charge >= 0.3 is 0 Å². The lowest BCUT2D eigenvalue weighted by molar-refractivity contribution is -0.0359. The second-order valence-electron chi connectivity index (χ2n) is 27.8. The molecule has 9 heterocycles. The number of rotatable bonds is 9. The molecule has 0 spiro atoms. The summed E-state index contributed by atoms with van der Waals surface area (Å²) < 4.78 is 50.3. The minimum Gasteiger partial charge on any atom is -0.301 e. The van der Waals surface area contributed by atoms with Crippen molar-refractivity contribution in [3.63, 3.8) is 0 Å². The van der Waals surface area contributed by atoms with Crippen LogP contribution in [0, 0.1) is 23.7 Å². The summed E-state index contributed by atoms with van der Waals surface area (Å²) in [6.07, 6.45) is 11.8. The second-order valence-corrected chi connectivity index (χ2v) is 27.8. The SMILES string of the molecule is CC(C)N1CC(C)(F)C1.CC(C)N1CC2CC2C1.CC(C)N1CC=CC1.CC(C)N1CCC(F)(F)C1.CC(C)N1CCC(F)C1.CC(C)N1CCC1.CC(C)N1CCCC1.CC1CCN(C(C)C)C1.CC1CN(C(C)C)C1. The Morgan fingerprint density at radius 2 is 0.753 bits per heavy atom. The van der Waals surface area contributed by atoms with E-state index in [9.17, 15) is 17.6 Å². The minimum atomic E-state index is -2.43. The zero-order valence-corrected chi connectivity index (χ0v) is 54.5. The molecule has 9 fully saturated rings. The van der Waals surface area contributed by atoms with E-state index in [-0.39, 0.29) is 19.0 Å². The number of halogens is 4. The molecule has 10 aliphatic rings. The van der Waals surface area contributed by atoms with E-state index < -0.39 is 17.8 Å². The Balaban J connectivity index is 0.000000297. The van der Waals surface area contributed by atoms with Crippen LogP contribution in [0.25, 0.3) is 0 Å². The maximum absolute atomic E-state index is 12.8. The predicted molar refractivity (Wildman–Crippen MR) is 327 cm³/mol. The highest BCUT2D eigenvalue weighted by Gasteiger charge is 2.45. The van der Waals surface area contributed by atoms with Crippen molar-refractivity contribution in [1.29, 1.82) is 0 Å². The van der Waals surface area contributed by atoms with Crippen LogP contribution >= 0.6 is 0 Å². The third-order valence-electron chi connectivity index (χ3n) is 17.4. The average molecular weight is 1100 g/mol. The third kappa shape index (κ3) is 29.8. The first-order valence-corrected chi connectivity index (χ1v) is 31.8. The topological polar surface area (TPSA) is 29.2 Å². The summed E-state index contributed by atoms with van der Waals surface area (Å²) in [5, 5.41) is 0. The first-order chi connectivity index (χ1) is 35.8. The average Bonchev–Trinajstić information content (AvgIpc) is 4.09. The first kappa shape index (κ1) is 72.2. The molecule has 9 nitrogen and oxygen atoms in total. The lowest BCUT2D eigenvalue weighted by Crippen LogP contribution is -2.59. The first-order valence-electron chi connectivity index (χ1n) is 31.8. The molecule has 77 heavy (non-hydrogen) atoms. The van der Waals surface area contributed by atoms with Gasteiger partial charge in [-0.05, 0) is 226 Å². The Labute approximate surface area is 476 Å². The Hall–Kier alpha value is -0.900. The van der Waals surface area contributed by atoms with Crippen molar-refractivity contribution in [3.8, 4) is 0 Å². The Bertz CT molecular complexity index is 1450. The van der Waals surface area contributed by atoms with Crippen molar-refractivity contribution >= 4 is 0 Å². The molecule has 4 unspecified atom stereocenters. The van der Waals surface area contributed by atoms with Crippen LogP contribution in [0.3, 0.4) is 0 Å². The van der Waals surface area contributed by atoms with Gasteiger partial charge in [-0.1, -0.05) is 26.0 Å². The normalized spacial score (nSPS) is 27.5. The highest BCUT2D eigenvalue weighted by atomic mass is 19.3. The van der Waals surface area contributed by atoms with Crippen molar-refractivity contribution in [1.82, 2.24) is 44.1 Å². The molecule has 0 amide bonds. The van der Waals surface area contributed by atoms with Gasteiger partial charge < -0.3 is 24.5 Å². The number of hydrogen-bond donors (Lipinski definition) is 0. The van der Waals surface area contributed by atoms with Gasteiger partial charge in [-0.2, -0.15) is 0 Å². The van der Waals surface area contributed by atoms with E-state index >= 15 is 0 Å². The quantitative estimate of drug-likeness (QED) is 0.165. The number of alkyl halides is 4. The molecular formula is C64H129F4N9. The summed E-state index contributed by atoms with van der Waals surface area (Å²) in [5.74, 6) is 1.68. The van der Waals surface area contributed by atoms with E-state index in [2.05, 4.69) is 176 Å². The summed E-state index contributed by atoms with van der Waals surface area (Å²) in [4.78, 5) is 21.2. The summed E-state index contributed by atoms with van der Waals surface area (Å²) in [5.41, 5.74) is -0.899. The van der Waals surface area contributed by atoms with Gasteiger partial charge in [0.05, 0.1) is 6.54 Å². The Morgan fingerprint density at radius 3 is 0.948 bits per heavy atom. The van der Waals surface area contributed by atoms with Crippen LogP contribution in [0.2, 0.25) is 0 Å². The number of nitrogens with zero attached hydrogens (tertiary/aromatic N) is 9. The Morgan fingerprint density at radius 1 is 0.377 bits per heavy atom. The predicted octanol–water partition coefficient (Wildman–Crippen LogP) is 12.9. The molecule has 10 rings (SSSR count). The molecule has 1 saturated carbocycles. The van der Waals surface area contributed by atoms with Crippen LogP contribution in [-0.4, -0.2) is 234 Å². The molecule has 0 aromatic heterocycles. The van der Waals surface area contributed by atoms with Crippen LogP contribution in [-0.2, 0) is 0 Å². The maximum atomic E-state index is 12.8. The minimum absolute atomic E-state index is 0.0329. The van der Waals surface area contributed by atoms with Gasteiger partial charge in [-0.15, -0.1) is 0 Å². The van der Waals surface area contributed by atoms with Crippen molar-refractivity contribution in [3.05, 3.63) is 12.2 Å². The molecule has 4 atom stereocenters. The van der Waals surface area contributed by atoms with Gasteiger partial charge in [0.25, 0.3) is 5.92 Å². The molecule has 0 radical (unpaired) electrons. The van der Waals surface area contributed by atoms with Crippen LogP contribution in [0.1, 0.15) is 190 Å². The fourth-order valence-corrected chi connectivity index (χ4v) is 11.1. The number of piperidine rings is 1. The van der Waals surface area contributed by atoms with Gasteiger partial charge in [0.2, 0.25) is 0 Å². The molecule has 458 valence electrons. The molecule has 8 saturated heterocycles. The summed E-state index contributed by atoms with van der Waals surface area (Å²) in [6.45, 7) is 64.7. The van der Waals surface area contributed by atoms with Crippen LogP contribution in [0.5, 0.6) is 0 Å². The largest absolute Gasteiger partial charge is 0.301 e. The highest BCUT2D eigenvalue weighted by molar-refractivity contribution is 4.98. The molecule has 13 heteroatoms. The summed E-state index contributed by atoms with van der Waals surface area (Å²) >= 11 is 0. The van der Waals surface area contributed by atoms with E-state index in [1.807, 2.05) is 13.8 Å². The summed E-state index contributed by atoms with van der Waals surface area (Å²) in [7, 11) is 0. The van der Waals surface area contributed by atoms with E-state index in [1.54, 1.807) is 11.8 Å². The molecule has 9 aliphatic heterocycles. The molecular weight excluding hydrogens is 971 g/mol. The number of likely N-dealkylation sites (tertiary alicyclic amines) is 8. The molecule has 0 aromatic rings. The fraction of sp³-hybridized carbons (Fsp3) is 0.969. The maximum Gasteiger partial charge on any atom is 0.261 e. The van der Waals surface area contributed by atoms with E-state index in [0.717, 1.165) is 79.9 Å². The standard InChI is InChI=1S/C8H15N.C8H17N.C7H13F2N.2C7H14FN.2C7H15N.C7H13N.C6H13N/c1-6(2)9-4-7-3-8(7)5-9;1-7(2)9-5-4-8(3)6-9;1-6(2)10-4-3-7(8,9)5-10;1-6(2)9-4-7(3,8)5-9;1-6(2)9-4-3-7(8)5-9;1-6(2)8-4-7(3)5-8;2*1-7(2)8-5-3-4-6-8;1-6(2)7-4-3-5-7/h6-8H,3-5H2,1-2H3;7-8H,4-6H2,1-3H3;6H,3-5H2,1-2H3;6H,4-5H2,1-3H3;6-7H,3-5H2,1-2H3;6-7H,4-5H2,1-3H3;7H,3-6H2,1-2H3;3-4,7H,5-6H2,1-2H3;6H,3-5H2,1-2H3. The highest BCUT2D eigenvalue weighted by Crippen LogP contribution is 2.45.